The largest absolute Gasteiger partial charge is 0.478 e. The molecular formula is C18H15FN2O4. The molecule has 3 rings (SSSR count). The second-order valence-corrected chi connectivity index (χ2v) is 5.79. The number of benzene rings is 2. The van der Waals surface area contributed by atoms with Gasteiger partial charge in [-0.2, -0.15) is 0 Å². The number of aromatic carboxylic acids is 1. The van der Waals surface area contributed by atoms with Gasteiger partial charge >= 0.3 is 5.97 Å². The summed E-state index contributed by atoms with van der Waals surface area (Å²) in [6.07, 6.45) is -0.0912. The van der Waals surface area contributed by atoms with Gasteiger partial charge in [0.05, 0.1) is 17.7 Å². The molecule has 1 aliphatic rings. The van der Waals surface area contributed by atoms with Crippen LogP contribution in [0.15, 0.2) is 42.5 Å². The molecule has 7 heteroatoms. The molecule has 1 unspecified atom stereocenters. The van der Waals surface area contributed by atoms with Crippen molar-refractivity contribution >= 4 is 29.2 Å². The maximum absolute atomic E-state index is 13.3. The predicted octanol–water partition coefficient (Wildman–Crippen LogP) is 2.58. The zero-order chi connectivity index (χ0) is 18.1. The Morgan fingerprint density at radius 1 is 1.24 bits per heavy atom. The molecule has 0 radical (unpaired) electrons. The van der Waals surface area contributed by atoms with Crippen LogP contribution in [-0.2, 0) is 9.59 Å². The Bertz CT molecular complexity index is 881. The van der Waals surface area contributed by atoms with E-state index >= 15 is 0 Å². The number of anilines is 2. The van der Waals surface area contributed by atoms with E-state index in [0.717, 1.165) is 4.90 Å². The van der Waals surface area contributed by atoms with Gasteiger partial charge < -0.3 is 10.4 Å². The van der Waals surface area contributed by atoms with Crippen LogP contribution in [-0.4, -0.2) is 28.9 Å². The van der Waals surface area contributed by atoms with Crippen molar-refractivity contribution < 1.29 is 23.9 Å². The van der Waals surface area contributed by atoms with Gasteiger partial charge in [0.1, 0.15) is 11.9 Å². The van der Waals surface area contributed by atoms with E-state index in [1.807, 2.05) is 0 Å². The molecule has 2 aromatic carbocycles. The van der Waals surface area contributed by atoms with Crippen LogP contribution < -0.4 is 10.2 Å². The molecule has 1 heterocycles. The third-order valence-corrected chi connectivity index (χ3v) is 4.01. The fourth-order valence-electron chi connectivity index (χ4n) is 2.76. The Kier molecular flexibility index (Phi) is 4.22. The van der Waals surface area contributed by atoms with E-state index in [4.69, 9.17) is 5.11 Å². The van der Waals surface area contributed by atoms with Gasteiger partial charge in [0.15, 0.2) is 0 Å². The van der Waals surface area contributed by atoms with Crippen molar-refractivity contribution in [2.75, 3.05) is 10.2 Å². The lowest BCUT2D eigenvalue weighted by Gasteiger charge is -2.18. The van der Waals surface area contributed by atoms with Crippen molar-refractivity contribution in [2.45, 2.75) is 19.4 Å². The summed E-state index contributed by atoms with van der Waals surface area (Å²) in [4.78, 5) is 37.1. The summed E-state index contributed by atoms with van der Waals surface area (Å²) in [5.74, 6) is -2.54. The number of nitrogens with one attached hydrogen (secondary N) is 1. The molecule has 2 amide bonds. The minimum atomic E-state index is -1.14. The molecule has 1 saturated heterocycles. The molecule has 2 N–H and O–H groups in total. The number of carbonyl (C=O) groups excluding carboxylic acids is 2. The monoisotopic (exact) mass is 342 g/mol. The number of halogens is 1. The van der Waals surface area contributed by atoms with Gasteiger partial charge in [0.2, 0.25) is 5.91 Å². The number of hydrogen-bond acceptors (Lipinski definition) is 4. The molecule has 2 aromatic rings. The van der Waals surface area contributed by atoms with Crippen LogP contribution in [0.25, 0.3) is 0 Å². The highest BCUT2D eigenvalue weighted by Crippen LogP contribution is 2.29. The third-order valence-electron chi connectivity index (χ3n) is 4.01. The standard InChI is InChI=1S/C18H15FN2O4/c1-10-5-6-11(18(24)25)7-15(10)21-16(22)9-14(17(21)23)20-13-4-2-3-12(19)8-13/h2-8,14,20H,9H2,1H3,(H,24,25). The minimum absolute atomic E-state index is 0.0114. The highest BCUT2D eigenvalue weighted by Gasteiger charge is 2.40. The smallest absolute Gasteiger partial charge is 0.335 e. The van der Waals surface area contributed by atoms with Crippen molar-refractivity contribution in [3.05, 3.63) is 59.4 Å². The molecule has 0 aliphatic carbocycles. The van der Waals surface area contributed by atoms with Gasteiger partial charge in [0, 0.05) is 5.69 Å². The lowest BCUT2D eigenvalue weighted by atomic mass is 10.1. The molecule has 0 bridgehead atoms. The number of hydrogen-bond donors (Lipinski definition) is 2. The summed E-state index contributed by atoms with van der Waals surface area (Å²) in [6.45, 7) is 1.69. The van der Waals surface area contributed by atoms with Gasteiger partial charge in [-0.15, -0.1) is 0 Å². The molecular weight excluding hydrogens is 327 g/mol. The fourth-order valence-corrected chi connectivity index (χ4v) is 2.76. The van der Waals surface area contributed by atoms with Crippen molar-refractivity contribution in [3.8, 4) is 0 Å². The summed E-state index contributed by atoms with van der Waals surface area (Å²) in [7, 11) is 0. The number of carboxylic acids is 1. The number of aryl methyl sites for hydroxylation is 1. The lowest BCUT2D eigenvalue weighted by Crippen LogP contribution is -2.35. The third kappa shape index (κ3) is 3.21. The normalized spacial score (nSPS) is 17.0. The van der Waals surface area contributed by atoms with Crippen molar-refractivity contribution in [1.29, 1.82) is 0 Å². The van der Waals surface area contributed by atoms with Gasteiger partial charge in [-0.1, -0.05) is 12.1 Å². The fraction of sp³-hybridized carbons (Fsp3) is 0.167. The summed E-state index contributed by atoms with van der Waals surface area (Å²) >= 11 is 0. The summed E-state index contributed by atoms with van der Waals surface area (Å²) in [5.41, 5.74) is 1.24. The molecule has 0 spiro atoms. The molecule has 25 heavy (non-hydrogen) atoms. The minimum Gasteiger partial charge on any atom is -0.478 e. The van der Waals surface area contributed by atoms with Crippen molar-refractivity contribution in [2.24, 2.45) is 0 Å². The van der Waals surface area contributed by atoms with Crippen LogP contribution in [0.5, 0.6) is 0 Å². The van der Waals surface area contributed by atoms with E-state index in [1.165, 1.54) is 30.3 Å². The Hall–Kier alpha value is -3.22. The topological polar surface area (TPSA) is 86.7 Å². The van der Waals surface area contributed by atoms with E-state index in [0.29, 0.717) is 11.3 Å². The van der Waals surface area contributed by atoms with Gasteiger partial charge in [-0.05, 0) is 42.8 Å². The van der Waals surface area contributed by atoms with Crippen LogP contribution in [0.1, 0.15) is 22.3 Å². The van der Waals surface area contributed by atoms with Crippen LogP contribution in [0.3, 0.4) is 0 Å². The highest BCUT2D eigenvalue weighted by molar-refractivity contribution is 6.23. The first-order valence-electron chi connectivity index (χ1n) is 7.59. The molecule has 1 aliphatic heterocycles. The summed E-state index contributed by atoms with van der Waals surface area (Å²) in [6, 6.07) is 9.04. The first-order chi connectivity index (χ1) is 11.9. The molecule has 128 valence electrons. The SMILES string of the molecule is Cc1ccc(C(=O)O)cc1N1C(=O)CC(Nc2cccc(F)c2)C1=O. The molecule has 0 aromatic heterocycles. The quantitative estimate of drug-likeness (QED) is 0.834. The molecule has 1 atom stereocenters. The number of rotatable bonds is 4. The van der Waals surface area contributed by atoms with E-state index in [2.05, 4.69) is 5.32 Å². The van der Waals surface area contributed by atoms with Crippen molar-refractivity contribution in [3.63, 3.8) is 0 Å². The first-order valence-corrected chi connectivity index (χ1v) is 7.59. The van der Waals surface area contributed by atoms with Crippen LogP contribution in [0.2, 0.25) is 0 Å². The van der Waals surface area contributed by atoms with E-state index in [1.54, 1.807) is 19.1 Å². The van der Waals surface area contributed by atoms with Gasteiger partial charge in [0.25, 0.3) is 5.91 Å². The zero-order valence-corrected chi connectivity index (χ0v) is 13.3. The van der Waals surface area contributed by atoms with Crippen LogP contribution in [0, 0.1) is 12.7 Å². The van der Waals surface area contributed by atoms with Crippen molar-refractivity contribution in [1.82, 2.24) is 0 Å². The second-order valence-electron chi connectivity index (χ2n) is 5.79. The van der Waals surface area contributed by atoms with Crippen LogP contribution in [0.4, 0.5) is 15.8 Å². The molecule has 6 nitrogen and oxygen atoms in total. The highest BCUT2D eigenvalue weighted by atomic mass is 19.1. The van der Waals surface area contributed by atoms with Gasteiger partial charge in [-0.25, -0.2) is 14.1 Å². The van der Waals surface area contributed by atoms with E-state index < -0.39 is 29.6 Å². The maximum atomic E-state index is 13.3. The zero-order valence-electron chi connectivity index (χ0n) is 13.3. The average Bonchev–Trinajstić information content (AvgIpc) is 2.82. The molecule has 0 saturated carbocycles. The van der Waals surface area contributed by atoms with E-state index in [9.17, 15) is 18.8 Å². The average molecular weight is 342 g/mol. The number of imide groups is 1. The Balaban J connectivity index is 1.89. The lowest BCUT2D eigenvalue weighted by molar-refractivity contribution is -0.121. The Morgan fingerprint density at radius 2 is 2.00 bits per heavy atom. The van der Waals surface area contributed by atoms with Gasteiger partial charge in [-0.3, -0.25) is 9.59 Å². The summed E-state index contributed by atoms with van der Waals surface area (Å²) < 4.78 is 13.3. The number of carboxylic acid groups (broad SMARTS) is 1. The Morgan fingerprint density at radius 3 is 2.68 bits per heavy atom. The van der Waals surface area contributed by atoms with E-state index in [-0.39, 0.29) is 17.7 Å². The Labute approximate surface area is 142 Å². The number of carbonyl (C=O) groups is 3. The number of nitrogens with zero attached hydrogens (tertiary/aromatic N) is 1. The number of amides is 2. The van der Waals surface area contributed by atoms with Crippen LogP contribution >= 0.6 is 0 Å². The predicted molar refractivity (Wildman–Crippen MR) is 89.1 cm³/mol. The first kappa shape index (κ1) is 16.6. The maximum Gasteiger partial charge on any atom is 0.335 e. The second kappa shape index (κ2) is 6.35. The summed E-state index contributed by atoms with van der Waals surface area (Å²) in [5, 5.41) is 12.0. The molecule has 1 fully saturated rings.